The van der Waals surface area contributed by atoms with Gasteiger partial charge in [0, 0.05) is 23.2 Å². The summed E-state index contributed by atoms with van der Waals surface area (Å²) < 4.78 is 15.8. The number of hydrogen-bond donors (Lipinski definition) is 1. The second-order valence-electron chi connectivity index (χ2n) is 4.94. The zero-order valence-corrected chi connectivity index (χ0v) is 14.6. The molecule has 24 heavy (non-hydrogen) atoms. The first-order chi connectivity index (χ1) is 11.6. The Kier molecular flexibility index (Phi) is 6.32. The van der Waals surface area contributed by atoms with Gasteiger partial charge in [0.25, 0.3) is 5.91 Å². The van der Waals surface area contributed by atoms with E-state index in [0.717, 1.165) is 5.56 Å². The van der Waals surface area contributed by atoms with Crippen LogP contribution in [0, 0.1) is 0 Å². The third-order valence-electron chi connectivity index (χ3n) is 3.40. The molecule has 1 amide bonds. The number of ether oxygens (including phenoxy) is 3. The van der Waals surface area contributed by atoms with Crippen molar-refractivity contribution in [1.29, 1.82) is 0 Å². The van der Waals surface area contributed by atoms with E-state index in [0.29, 0.717) is 34.4 Å². The molecule has 0 fully saturated rings. The maximum absolute atomic E-state index is 12.3. The summed E-state index contributed by atoms with van der Waals surface area (Å²) in [6.45, 7) is 2.72. The van der Waals surface area contributed by atoms with E-state index in [2.05, 4.69) is 5.32 Å². The molecule has 128 valence electrons. The molecule has 0 heterocycles. The lowest BCUT2D eigenvalue weighted by Gasteiger charge is -2.12. The van der Waals surface area contributed by atoms with Gasteiger partial charge in [-0.05, 0) is 36.8 Å². The average Bonchev–Trinajstić information content (AvgIpc) is 2.60. The summed E-state index contributed by atoms with van der Waals surface area (Å²) in [6.07, 6.45) is 0. The summed E-state index contributed by atoms with van der Waals surface area (Å²) in [6, 6.07) is 10.4. The monoisotopic (exact) mass is 349 g/mol. The van der Waals surface area contributed by atoms with Crippen molar-refractivity contribution in [1.82, 2.24) is 5.32 Å². The number of nitrogens with one attached hydrogen (secondary N) is 1. The molecule has 0 saturated heterocycles. The van der Waals surface area contributed by atoms with E-state index in [4.69, 9.17) is 25.8 Å². The van der Waals surface area contributed by atoms with E-state index >= 15 is 0 Å². The van der Waals surface area contributed by atoms with Crippen LogP contribution in [0.2, 0.25) is 5.02 Å². The highest BCUT2D eigenvalue weighted by Crippen LogP contribution is 2.33. The van der Waals surface area contributed by atoms with Crippen molar-refractivity contribution in [3.05, 3.63) is 52.5 Å². The number of amides is 1. The zero-order valence-electron chi connectivity index (χ0n) is 13.9. The molecule has 2 aromatic rings. The molecule has 0 radical (unpaired) electrons. The lowest BCUT2D eigenvalue weighted by atomic mass is 10.1. The molecular weight excluding hydrogens is 330 g/mol. The lowest BCUT2D eigenvalue weighted by molar-refractivity contribution is 0.0950. The lowest BCUT2D eigenvalue weighted by Crippen LogP contribution is -2.23. The van der Waals surface area contributed by atoms with Crippen molar-refractivity contribution < 1.29 is 19.0 Å². The van der Waals surface area contributed by atoms with Crippen LogP contribution >= 0.6 is 11.6 Å². The van der Waals surface area contributed by atoms with Crippen molar-refractivity contribution in [2.75, 3.05) is 20.8 Å². The van der Waals surface area contributed by atoms with Crippen LogP contribution in [-0.2, 0) is 6.54 Å². The molecule has 0 spiro atoms. The van der Waals surface area contributed by atoms with E-state index < -0.39 is 0 Å². The van der Waals surface area contributed by atoms with Crippen LogP contribution in [0.25, 0.3) is 0 Å². The third kappa shape index (κ3) is 4.32. The van der Waals surface area contributed by atoms with Crippen LogP contribution in [0.15, 0.2) is 36.4 Å². The first kappa shape index (κ1) is 17.9. The summed E-state index contributed by atoms with van der Waals surface area (Å²) >= 11 is 6.23. The zero-order chi connectivity index (χ0) is 17.5. The van der Waals surface area contributed by atoms with E-state index in [1.54, 1.807) is 44.6 Å². The molecule has 2 rings (SSSR count). The summed E-state index contributed by atoms with van der Waals surface area (Å²) in [7, 11) is 3.09. The minimum atomic E-state index is -0.206. The predicted octanol–water partition coefficient (Wildman–Crippen LogP) is 3.69. The van der Waals surface area contributed by atoms with Gasteiger partial charge in [-0.25, -0.2) is 0 Å². The summed E-state index contributed by atoms with van der Waals surface area (Å²) in [5, 5.41) is 3.34. The van der Waals surface area contributed by atoms with Crippen LogP contribution in [0.3, 0.4) is 0 Å². The van der Waals surface area contributed by atoms with Gasteiger partial charge in [-0.15, -0.1) is 0 Å². The Morgan fingerprint density at radius 3 is 2.50 bits per heavy atom. The molecule has 0 aromatic heterocycles. The first-order valence-corrected chi connectivity index (χ1v) is 7.88. The molecule has 1 N–H and O–H groups in total. The Morgan fingerprint density at radius 2 is 1.83 bits per heavy atom. The largest absolute Gasteiger partial charge is 0.494 e. The van der Waals surface area contributed by atoms with Crippen LogP contribution in [0.1, 0.15) is 22.8 Å². The van der Waals surface area contributed by atoms with E-state index in [1.807, 2.05) is 13.0 Å². The Morgan fingerprint density at radius 1 is 1.12 bits per heavy atom. The molecule has 0 aliphatic rings. The Balaban J connectivity index is 2.10. The Hall–Kier alpha value is -2.40. The Labute approximate surface area is 146 Å². The molecule has 0 saturated carbocycles. The van der Waals surface area contributed by atoms with E-state index in [1.165, 1.54) is 0 Å². The second-order valence-corrected chi connectivity index (χ2v) is 5.35. The minimum absolute atomic E-state index is 0.206. The van der Waals surface area contributed by atoms with Crippen LogP contribution in [0.4, 0.5) is 0 Å². The predicted molar refractivity (Wildman–Crippen MR) is 93.3 cm³/mol. The van der Waals surface area contributed by atoms with Gasteiger partial charge in [-0.2, -0.15) is 0 Å². The maximum Gasteiger partial charge on any atom is 0.251 e. The average molecular weight is 350 g/mol. The summed E-state index contributed by atoms with van der Waals surface area (Å²) in [5.74, 6) is 1.56. The van der Waals surface area contributed by atoms with Crippen molar-refractivity contribution in [3.63, 3.8) is 0 Å². The number of rotatable bonds is 7. The van der Waals surface area contributed by atoms with Gasteiger partial charge < -0.3 is 19.5 Å². The SMILES string of the molecule is CCOc1cccc(C(=O)NCc2cc(OC)c(OC)cc2Cl)c1. The Bertz CT molecular complexity index is 718. The van der Waals surface area contributed by atoms with E-state index in [9.17, 15) is 4.79 Å². The quantitative estimate of drug-likeness (QED) is 0.828. The number of carbonyl (C=O) groups is 1. The summed E-state index contributed by atoms with van der Waals surface area (Å²) in [4.78, 5) is 12.3. The minimum Gasteiger partial charge on any atom is -0.494 e. The fourth-order valence-electron chi connectivity index (χ4n) is 2.20. The maximum atomic E-state index is 12.3. The molecule has 2 aromatic carbocycles. The van der Waals surface area contributed by atoms with Crippen LogP contribution in [-0.4, -0.2) is 26.7 Å². The highest BCUT2D eigenvalue weighted by molar-refractivity contribution is 6.31. The van der Waals surface area contributed by atoms with Gasteiger partial charge >= 0.3 is 0 Å². The summed E-state index contributed by atoms with van der Waals surface area (Å²) in [5.41, 5.74) is 1.26. The van der Waals surface area contributed by atoms with Gasteiger partial charge in [-0.1, -0.05) is 17.7 Å². The molecule has 0 bridgehead atoms. The standard InChI is InChI=1S/C18H20ClNO4/c1-4-24-14-7-5-6-12(8-14)18(21)20-11-13-9-16(22-2)17(23-3)10-15(13)19/h5-10H,4,11H2,1-3H3,(H,20,21). The fourth-order valence-corrected chi connectivity index (χ4v) is 2.42. The number of methoxy groups -OCH3 is 2. The number of hydrogen-bond acceptors (Lipinski definition) is 4. The highest BCUT2D eigenvalue weighted by atomic mass is 35.5. The van der Waals surface area contributed by atoms with Gasteiger partial charge in [0.1, 0.15) is 5.75 Å². The number of benzene rings is 2. The topological polar surface area (TPSA) is 56.8 Å². The van der Waals surface area contributed by atoms with Crippen molar-refractivity contribution in [2.45, 2.75) is 13.5 Å². The van der Waals surface area contributed by atoms with E-state index in [-0.39, 0.29) is 12.5 Å². The van der Waals surface area contributed by atoms with Crippen molar-refractivity contribution in [3.8, 4) is 17.2 Å². The van der Waals surface area contributed by atoms with Gasteiger partial charge in [0.05, 0.1) is 20.8 Å². The molecular formula is C18H20ClNO4. The fraction of sp³-hybridized carbons (Fsp3) is 0.278. The molecule has 0 aliphatic heterocycles. The number of halogens is 1. The van der Waals surface area contributed by atoms with Gasteiger partial charge in [0.15, 0.2) is 11.5 Å². The second kappa shape index (κ2) is 8.45. The van der Waals surface area contributed by atoms with Crippen LogP contribution in [0.5, 0.6) is 17.2 Å². The molecule has 0 aliphatic carbocycles. The van der Waals surface area contributed by atoms with Crippen LogP contribution < -0.4 is 19.5 Å². The third-order valence-corrected chi connectivity index (χ3v) is 3.75. The molecule has 0 unspecified atom stereocenters. The molecule has 5 nitrogen and oxygen atoms in total. The number of carbonyl (C=O) groups excluding carboxylic acids is 1. The smallest absolute Gasteiger partial charge is 0.251 e. The van der Waals surface area contributed by atoms with Gasteiger partial charge in [0.2, 0.25) is 0 Å². The molecule has 6 heteroatoms. The van der Waals surface area contributed by atoms with Crippen molar-refractivity contribution in [2.24, 2.45) is 0 Å². The van der Waals surface area contributed by atoms with Crippen molar-refractivity contribution >= 4 is 17.5 Å². The molecule has 0 atom stereocenters. The van der Waals surface area contributed by atoms with Gasteiger partial charge in [-0.3, -0.25) is 4.79 Å². The first-order valence-electron chi connectivity index (χ1n) is 7.50. The highest BCUT2D eigenvalue weighted by Gasteiger charge is 2.12. The normalized spacial score (nSPS) is 10.2.